The van der Waals surface area contributed by atoms with Crippen LogP contribution in [-0.2, 0) is 16.0 Å². The van der Waals surface area contributed by atoms with Gasteiger partial charge in [0.2, 0.25) is 5.43 Å². The van der Waals surface area contributed by atoms with Crippen LogP contribution in [0.1, 0.15) is 58.8 Å². The SMILES string of the molecule is O=C1NC(CCC#Cc2cc(C3CCOCC3)cc3c(=O)c(C(=O)NCc4ccc(Cl)cc4)n[nH]c23)CO1. The van der Waals surface area contributed by atoms with Crippen LogP contribution in [0.15, 0.2) is 41.2 Å². The first-order valence-corrected chi connectivity index (χ1v) is 12.9. The normalized spacial score (nSPS) is 17.4. The zero-order valence-corrected chi connectivity index (χ0v) is 21.4. The summed E-state index contributed by atoms with van der Waals surface area (Å²) in [7, 11) is 0. The van der Waals surface area contributed by atoms with E-state index in [1.165, 1.54) is 0 Å². The Hall–Kier alpha value is -3.87. The summed E-state index contributed by atoms with van der Waals surface area (Å²) < 4.78 is 10.4. The molecule has 0 saturated carbocycles. The lowest BCUT2D eigenvalue weighted by Crippen LogP contribution is -2.30. The minimum atomic E-state index is -0.562. The molecule has 9 nitrogen and oxygen atoms in total. The maximum atomic E-state index is 13.5. The quantitative estimate of drug-likeness (QED) is 0.415. The first-order chi connectivity index (χ1) is 18.5. The van der Waals surface area contributed by atoms with E-state index in [4.69, 9.17) is 21.1 Å². The van der Waals surface area contributed by atoms with Crippen molar-refractivity contribution in [1.82, 2.24) is 20.8 Å². The number of carbonyl (C=O) groups excluding carboxylic acids is 2. The van der Waals surface area contributed by atoms with E-state index in [-0.39, 0.29) is 24.2 Å². The first kappa shape index (κ1) is 25.8. The molecule has 1 unspecified atom stereocenters. The van der Waals surface area contributed by atoms with Crippen LogP contribution in [0.5, 0.6) is 0 Å². The van der Waals surface area contributed by atoms with Crippen LogP contribution in [0.3, 0.4) is 0 Å². The predicted molar refractivity (Wildman–Crippen MR) is 142 cm³/mol. The summed E-state index contributed by atoms with van der Waals surface area (Å²) in [6, 6.07) is 10.9. The van der Waals surface area contributed by atoms with E-state index < -0.39 is 17.4 Å². The number of cyclic esters (lactones) is 1. The van der Waals surface area contributed by atoms with Gasteiger partial charge in [0.25, 0.3) is 5.91 Å². The van der Waals surface area contributed by atoms with Gasteiger partial charge in [0.05, 0.1) is 22.5 Å². The Morgan fingerprint density at radius 2 is 1.95 bits per heavy atom. The molecule has 0 spiro atoms. The number of carbonyl (C=O) groups is 2. The molecule has 1 atom stereocenters. The molecule has 38 heavy (non-hydrogen) atoms. The zero-order valence-electron chi connectivity index (χ0n) is 20.6. The van der Waals surface area contributed by atoms with Crippen LogP contribution in [0.4, 0.5) is 4.79 Å². The number of nitrogens with zero attached hydrogens (tertiary/aromatic N) is 1. The number of hydrogen-bond donors (Lipinski definition) is 3. The molecule has 196 valence electrons. The van der Waals surface area contributed by atoms with Gasteiger partial charge in [0.1, 0.15) is 6.61 Å². The van der Waals surface area contributed by atoms with Crippen molar-refractivity contribution in [3.8, 4) is 11.8 Å². The summed E-state index contributed by atoms with van der Waals surface area (Å²) in [6.45, 7) is 1.89. The van der Waals surface area contributed by atoms with E-state index in [9.17, 15) is 14.4 Å². The van der Waals surface area contributed by atoms with Gasteiger partial charge in [0, 0.05) is 31.2 Å². The number of benzene rings is 2. The minimum Gasteiger partial charge on any atom is -0.447 e. The number of H-pyrrole nitrogens is 1. The molecule has 5 rings (SSSR count). The number of aromatic nitrogens is 2. The molecule has 0 radical (unpaired) electrons. The lowest BCUT2D eigenvalue weighted by Gasteiger charge is -2.23. The smallest absolute Gasteiger partial charge is 0.407 e. The molecular weight excluding hydrogens is 508 g/mol. The van der Waals surface area contributed by atoms with Gasteiger partial charge in [-0.05, 0) is 60.6 Å². The fraction of sp³-hybridized carbons (Fsp3) is 0.357. The van der Waals surface area contributed by atoms with Crippen LogP contribution in [0.25, 0.3) is 10.9 Å². The van der Waals surface area contributed by atoms with Crippen molar-refractivity contribution in [3.05, 3.63) is 74.0 Å². The lowest BCUT2D eigenvalue weighted by molar-refractivity contribution is 0.0853. The van der Waals surface area contributed by atoms with Crippen LogP contribution < -0.4 is 16.1 Å². The molecule has 3 aromatic rings. The number of halogens is 1. The average Bonchev–Trinajstić information content (AvgIpc) is 3.36. The third-order valence-electron chi connectivity index (χ3n) is 6.75. The first-order valence-electron chi connectivity index (χ1n) is 12.6. The van der Waals surface area contributed by atoms with Crippen molar-refractivity contribution in [3.63, 3.8) is 0 Å². The van der Waals surface area contributed by atoms with E-state index >= 15 is 0 Å². The molecule has 1 aromatic heterocycles. The highest BCUT2D eigenvalue weighted by Gasteiger charge is 2.22. The molecule has 3 N–H and O–H groups in total. The molecular formula is C28H27ClN4O5. The number of ether oxygens (including phenoxy) is 2. The summed E-state index contributed by atoms with van der Waals surface area (Å²) in [5.74, 6) is 5.99. The van der Waals surface area contributed by atoms with E-state index in [0.717, 1.165) is 24.0 Å². The second-order valence-electron chi connectivity index (χ2n) is 9.37. The molecule has 10 heteroatoms. The highest BCUT2D eigenvalue weighted by molar-refractivity contribution is 6.30. The summed E-state index contributed by atoms with van der Waals surface area (Å²) in [4.78, 5) is 37.6. The Bertz CT molecular complexity index is 1470. The van der Waals surface area contributed by atoms with Gasteiger partial charge in [-0.3, -0.25) is 14.7 Å². The van der Waals surface area contributed by atoms with Crippen molar-refractivity contribution < 1.29 is 19.1 Å². The Morgan fingerprint density at radius 1 is 1.16 bits per heavy atom. The van der Waals surface area contributed by atoms with E-state index in [1.807, 2.05) is 12.1 Å². The second kappa shape index (κ2) is 11.7. The molecule has 2 aromatic carbocycles. The number of aromatic amines is 1. The third kappa shape index (κ3) is 5.98. The third-order valence-corrected chi connectivity index (χ3v) is 7.00. The Labute approximate surface area is 224 Å². The van der Waals surface area contributed by atoms with Gasteiger partial charge >= 0.3 is 6.09 Å². The summed E-state index contributed by atoms with van der Waals surface area (Å²) in [5.41, 5.74) is 2.33. The van der Waals surface area contributed by atoms with Gasteiger partial charge in [-0.25, -0.2) is 4.79 Å². The fourth-order valence-corrected chi connectivity index (χ4v) is 4.75. The van der Waals surface area contributed by atoms with Gasteiger partial charge in [-0.1, -0.05) is 35.6 Å². The molecule has 2 saturated heterocycles. The predicted octanol–water partition coefficient (Wildman–Crippen LogP) is 3.64. The molecule has 0 bridgehead atoms. The molecule has 0 aliphatic carbocycles. The van der Waals surface area contributed by atoms with Crippen LogP contribution in [0, 0.1) is 11.8 Å². The van der Waals surface area contributed by atoms with Crippen molar-refractivity contribution >= 4 is 34.5 Å². The van der Waals surface area contributed by atoms with Crippen LogP contribution >= 0.6 is 11.6 Å². The van der Waals surface area contributed by atoms with Gasteiger partial charge in [0.15, 0.2) is 5.69 Å². The standard InChI is InChI=1S/C28H27ClN4O5/c29-21-7-5-17(6-8-21)15-30-27(35)25-26(34)23-14-20(18-9-11-37-12-10-18)13-19(24(23)32-33-25)3-1-2-4-22-16-38-28(36)31-22/h5-8,13-14,18,22H,2,4,9-12,15-16H2,(H,30,35)(H,31,36)(H,32,34). The molecule has 2 amide bonds. The van der Waals surface area contributed by atoms with Crippen LogP contribution in [0.2, 0.25) is 5.02 Å². The highest BCUT2D eigenvalue weighted by atomic mass is 35.5. The van der Waals surface area contributed by atoms with Crippen molar-refractivity contribution in [2.24, 2.45) is 0 Å². The average molecular weight is 535 g/mol. The maximum absolute atomic E-state index is 13.5. The second-order valence-corrected chi connectivity index (χ2v) is 9.80. The largest absolute Gasteiger partial charge is 0.447 e. The molecule has 2 fully saturated rings. The van der Waals surface area contributed by atoms with E-state index in [1.54, 1.807) is 24.3 Å². The summed E-state index contributed by atoms with van der Waals surface area (Å²) in [6.07, 6.45) is 2.48. The number of nitrogens with one attached hydrogen (secondary N) is 3. The number of amides is 2. The number of fused-ring (bicyclic) bond motifs is 1. The number of hydrogen-bond acceptors (Lipinski definition) is 6. The van der Waals surface area contributed by atoms with E-state index in [0.29, 0.717) is 54.2 Å². The Kier molecular flexibility index (Phi) is 7.91. The monoisotopic (exact) mass is 534 g/mol. The van der Waals surface area contributed by atoms with E-state index in [2.05, 4.69) is 32.7 Å². The maximum Gasteiger partial charge on any atom is 0.407 e. The summed E-state index contributed by atoms with van der Waals surface area (Å²) in [5, 5.41) is 13.5. The molecule has 2 aliphatic rings. The summed E-state index contributed by atoms with van der Waals surface area (Å²) >= 11 is 5.92. The van der Waals surface area contributed by atoms with Crippen molar-refractivity contribution in [2.45, 2.75) is 44.2 Å². The minimum absolute atomic E-state index is 0.0578. The Morgan fingerprint density at radius 3 is 2.68 bits per heavy atom. The fourth-order valence-electron chi connectivity index (χ4n) is 4.63. The van der Waals surface area contributed by atoms with Gasteiger partial charge < -0.3 is 20.1 Å². The lowest BCUT2D eigenvalue weighted by atomic mass is 9.89. The topological polar surface area (TPSA) is 122 Å². The van der Waals surface area contributed by atoms with Crippen molar-refractivity contribution in [1.29, 1.82) is 0 Å². The number of alkyl carbamates (subject to hydrolysis) is 1. The molecule has 3 heterocycles. The Balaban J connectivity index is 1.42. The van der Waals surface area contributed by atoms with Gasteiger partial charge in [-0.15, -0.1) is 0 Å². The zero-order chi connectivity index (χ0) is 26.5. The highest BCUT2D eigenvalue weighted by Crippen LogP contribution is 2.30. The number of rotatable bonds is 6. The molecule has 2 aliphatic heterocycles. The van der Waals surface area contributed by atoms with Crippen molar-refractivity contribution in [2.75, 3.05) is 19.8 Å². The van der Waals surface area contributed by atoms with Gasteiger partial charge in [-0.2, -0.15) is 5.10 Å². The van der Waals surface area contributed by atoms with Crippen LogP contribution in [-0.4, -0.2) is 48.1 Å².